The number of hydrogen-bond donors (Lipinski definition) is 2. The van der Waals surface area contributed by atoms with Crippen LogP contribution in [0, 0.1) is 12.8 Å². The second kappa shape index (κ2) is 4.72. The van der Waals surface area contributed by atoms with Crippen molar-refractivity contribution in [3.63, 3.8) is 0 Å². The van der Waals surface area contributed by atoms with Crippen molar-refractivity contribution < 1.29 is 0 Å². The maximum atomic E-state index is 5.93. The molecule has 0 amide bonds. The Bertz CT molecular complexity index is 538. The molecule has 0 saturated carbocycles. The van der Waals surface area contributed by atoms with E-state index in [0.29, 0.717) is 17.6 Å². The molecule has 2 aromatic rings. The molecule has 2 rings (SSSR count). The van der Waals surface area contributed by atoms with E-state index in [2.05, 4.69) is 43.1 Å². The molecule has 0 fully saturated rings. The number of aromatic nitrogens is 2. The minimum atomic E-state index is 0.504. The lowest BCUT2D eigenvalue weighted by molar-refractivity contribution is 0.647. The van der Waals surface area contributed by atoms with Gasteiger partial charge in [-0.1, -0.05) is 38.1 Å². The van der Waals surface area contributed by atoms with Crippen LogP contribution in [0.3, 0.4) is 0 Å². The third-order valence-electron chi connectivity index (χ3n) is 3.00. The molecule has 18 heavy (non-hydrogen) atoms. The zero-order chi connectivity index (χ0) is 13.3. The maximum Gasteiger partial charge on any atom is 0.150 e. The fourth-order valence-corrected chi connectivity index (χ4v) is 2.04. The van der Waals surface area contributed by atoms with Gasteiger partial charge in [0.05, 0.1) is 0 Å². The van der Waals surface area contributed by atoms with Crippen LogP contribution in [-0.2, 0) is 6.42 Å². The number of benzene rings is 1. The average Bonchev–Trinajstić information content (AvgIpc) is 2.57. The zero-order valence-corrected chi connectivity index (χ0v) is 11.1. The molecule has 0 spiro atoms. The van der Waals surface area contributed by atoms with E-state index in [1.54, 1.807) is 0 Å². The van der Waals surface area contributed by atoms with Crippen LogP contribution in [0.15, 0.2) is 24.3 Å². The Labute approximate surface area is 108 Å². The van der Waals surface area contributed by atoms with Crippen molar-refractivity contribution in [3.05, 3.63) is 35.7 Å². The molecule has 0 saturated heterocycles. The van der Waals surface area contributed by atoms with E-state index in [4.69, 9.17) is 11.6 Å². The van der Waals surface area contributed by atoms with Crippen molar-refractivity contribution in [2.75, 3.05) is 11.6 Å². The van der Waals surface area contributed by atoms with Gasteiger partial charge in [0.1, 0.15) is 11.5 Å². The van der Waals surface area contributed by atoms with Gasteiger partial charge < -0.3 is 11.6 Å². The molecule has 0 aliphatic carbocycles. The van der Waals surface area contributed by atoms with Gasteiger partial charge in [-0.05, 0) is 24.8 Å². The molecule has 1 heterocycles. The second-order valence-corrected chi connectivity index (χ2v) is 5.06. The molecule has 0 atom stereocenters. The molecule has 0 unspecified atom stereocenters. The van der Waals surface area contributed by atoms with Crippen molar-refractivity contribution in [3.8, 4) is 11.3 Å². The Balaban J connectivity index is 2.31. The topological polar surface area (TPSA) is 69.9 Å². The average molecular weight is 244 g/mol. The molecule has 1 aromatic heterocycles. The Hall–Kier alpha value is -1.97. The van der Waals surface area contributed by atoms with Gasteiger partial charge in [-0.3, -0.25) is 0 Å². The van der Waals surface area contributed by atoms with Crippen molar-refractivity contribution in [1.29, 1.82) is 0 Å². The minimum absolute atomic E-state index is 0.504. The third-order valence-corrected chi connectivity index (χ3v) is 3.00. The first kappa shape index (κ1) is 12.5. The highest BCUT2D eigenvalue weighted by molar-refractivity contribution is 5.71. The highest BCUT2D eigenvalue weighted by Crippen LogP contribution is 2.25. The summed E-state index contributed by atoms with van der Waals surface area (Å²) in [5, 5.41) is 0. The Kier molecular flexibility index (Phi) is 3.28. The largest absolute Gasteiger partial charge is 0.382 e. The lowest BCUT2D eigenvalue weighted by atomic mass is 10.0. The molecule has 0 aliphatic rings. The summed E-state index contributed by atoms with van der Waals surface area (Å²) in [6.45, 7) is 6.27. The van der Waals surface area contributed by atoms with E-state index in [1.165, 1.54) is 10.2 Å². The number of anilines is 1. The van der Waals surface area contributed by atoms with Crippen molar-refractivity contribution in [2.45, 2.75) is 27.2 Å². The Morgan fingerprint density at radius 3 is 2.28 bits per heavy atom. The molecule has 4 nitrogen and oxygen atoms in total. The highest BCUT2D eigenvalue weighted by atomic mass is 15.4. The fraction of sp³-hybridized carbons (Fsp3) is 0.357. The lowest BCUT2D eigenvalue weighted by Gasteiger charge is -2.06. The second-order valence-electron chi connectivity index (χ2n) is 5.06. The molecular formula is C14H20N4. The molecule has 96 valence electrons. The molecule has 0 radical (unpaired) electrons. The predicted molar refractivity (Wildman–Crippen MR) is 75.5 cm³/mol. The minimum Gasteiger partial charge on any atom is -0.382 e. The van der Waals surface area contributed by atoms with E-state index in [-0.39, 0.29) is 0 Å². The van der Waals surface area contributed by atoms with Gasteiger partial charge in [0.15, 0.2) is 5.82 Å². The van der Waals surface area contributed by atoms with Crippen LogP contribution in [0.5, 0.6) is 0 Å². The molecule has 4 heteroatoms. The zero-order valence-electron chi connectivity index (χ0n) is 11.1. The SMILES string of the molecule is Cc1nc(-c2ccc(CC(C)C)cc2)c(N)n1N. The summed E-state index contributed by atoms with van der Waals surface area (Å²) in [5.41, 5.74) is 9.02. The van der Waals surface area contributed by atoms with Gasteiger partial charge in [0.25, 0.3) is 0 Å². The summed E-state index contributed by atoms with van der Waals surface area (Å²) in [6, 6.07) is 8.35. The summed E-state index contributed by atoms with van der Waals surface area (Å²) in [5.74, 6) is 7.64. The maximum absolute atomic E-state index is 5.93. The fourth-order valence-electron chi connectivity index (χ4n) is 2.04. The first-order valence-corrected chi connectivity index (χ1v) is 6.18. The van der Waals surface area contributed by atoms with Crippen LogP contribution in [0.4, 0.5) is 5.82 Å². The lowest BCUT2D eigenvalue weighted by Crippen LogP contribution is -2.13. The smallest absolute Gasteiger partial charge is 0.150 e. The summed E-state index contributed by atoms with van der Waals surface area (Å²) in [7, 11) is 0. The summed E-state index contributed by atoms with van der Waals surface area (Å²) >= 11 is 0. The van der Waals surface area contributed by atoms with Gasteiger partial charge in [-0.2, -0.15) is 0 Å². The molecular weight excluding hydrogens is 224 g/mol. The first-order chi connectivity index (χ1) is 8.49. The van der Waals surface area contributed by atoms with Crippen LogP contribution < -0.4 is 11.6 Å². The van der Waals surface area contributed by atoms with E-state index >= 15 is 0 Å². The molecule has 4 N–H and O–H groups in total. The van der Waals surface area contributed by atoms with E-state index in [1.807, 2.05) is 6.92 Å². The van der Waals surface area contributed by atoms with Crippen LogP contribution in [-0.4, -0.2) is 9.66 Å². The number of nitrogens with two attached hydrogens (primary N) is 2. The standard InChI is InChI=1S/C14H20N4/c1-9(2)8-11-4-6-12(7-5-11)13-14(15)18(16)10(3)17-13/h4-7,9H,8,15-16H2,1-3H3. The number of rotatable bonds is 3. The first-order valence-electron chi connectivity index (χ1n) is 6.18. The summed E-state index contributed by atoms with van der Waals surface area (Å²) < 4.78 is 1.41. The van der Waals surface area contributed by atoms with Gasteiger partial charge in [0.2, 0.25) is 0 Å². The van der Waals surface area contributed by atoms with Gasteiger partial charge in [0, 0.05) is 5.56 Å². The number of nitrogen functional groups attached to an aromatic ring is 2. The van der Waals surface area contributed by atoms with Crippen molar-refractivity contribution in [1.82, 2.24) is 9.66 Å². The quantitative estimate of drug-likeness (QED) is 0.814. The van der Waals surface area contributed by atoms with Crippen LogP contribution >= 0.6 is 0 Å². The molecule has 0 bridgehead atoms. The number of nitrogens with zero attached hydrogens (tertiary/aromatic N) is 2. The predicted octanol–water partition coefficient (Wildman–Crippen LogP) is 2.35. The number of imidazole rings is 1. The van der Waals surface area contributed by atoms with Crippen molar-refractivity contribution >= 4 is 5.82 Å². The van der Waals surface area contributed by atoms with Crippen LogP contribution in [0.25, 0.3) is 11.3 Å². The van der Waals surface area contributed by atoms with Gasteiger partial charge in [-0.25, -0.2) is 9.66 Å². The summed E-state index contributed by atoms with van der Waals surface area (Å²) in [4.78, 5) is 4.38. The highest BCUT2D eigenvalue weighted by Gasteiger charge is 2.11. The number of hydrogen-bond acceptors (Lipinski definition) is 3. The molecule has 1 aromatic carbocycles. The third kappa shape index (κ3) is 2.32. The van der Waals surface area contributed by atoms with E-state index in [9.17, 15) is 0 Å². The normalized spacial score (nSPS) is 11.1. The summed E-state index contributed by atoms with van der Waals surface area (Å²) in [6.07, 6.45) is 1.08. The Morgan fingerprint density at radius 2 is 1.83 bits per heavy atom. The van der Waals surface area contributed by atoms with Crippen LogP contribution in [0.2, 0.25) is 0 Å². The Morgan fingerprint density at radius 1 is 1.22 bits per heavy atom. The number of aryl methyl sites for hydroxylation is 1. The van der Waals surface area contributed by atoms with Gasteiger partial charge >= 0.3 is 0 Å². The van der Waals surface area contributed by atoms with Crippen LogP contribution in [0.1, 0.15) is 25.2 Å². The van der Waals surface area contributed by atoms with E-state index < -0.39 is 0 Å². The monoisotopic (exact) mass is 244 g/mol. The van der Waals surface area contributed by atoms with E-state index in [0.717, 1.165) is 17.7 Å². The van der Waals surface area contributed by atoms with Gasteiger partial charge in [-0.15, -0.1) is 0 Å². The van der Waals surface area contributed by atoms with Crippen molar-refractivity contribution in [2.24, 2.45) is 5.92 Å². The molecule has 0 aliphatic heterocycles.